The molecule has 0 fully saturated rings. The average Bonchev–Trinajstić information content (AvgIpc) is 3.09. The number of nitrogens with zero attached hydrogens (tertiary/aromatic N) is 4. The van der Waals surface area contributed by atoms with Gasteiger partial charge in [0.1, 0.15) is 0 Å². The average molecular weight is 389 g/mol. The predicted molar refractivity (Wildman–Crippen MR) is 112 cm³/mol. The normalized spacial score (nSPS) is 10.9. The number of hydrogen-bond donors (Lipinski definition) is 1. The third-order valence-corrected chi connectivity index (χ3v) is 5.24. The van der Waals surface area contributed by atoms with Gasteiger partial charge >= 0.3 is 0 Å². The number of aryl methyl sites for hydroxylation is 1. The van der Waals surface area contributed by atoms with E-state index in [1.807, 2.05) is 67.6 Å². The molecule has 0 aliphatic carbocycles. The van der Waals surface area contributed by atoms with Crippen LogP contribution in [-0.2, 0) is 0 Å². The van der Waals surface area contributed by atoms with E-state index < -0.39 is 0 Å². The van der Waals surface area contributed by atoms with Crippen molar-refractivity contribution in [2.75, 3.05) is 11.1 Å². The van der Waals surface area contributed by atoms with Crippen molar-refractivity contribution in [1.29, 1.82) is 0 Å². The number of fused-ring (bicyclic) bond motifs is 1. The molecule has 0 aliphatic rings. The molecule has 28 heavy (non-hydrogen) atoms. The van der Waals surface area contributed by atoms with Crippen LogP contribution in [0, 0.1) is 6.92 Å². The van der Waals surface area contributed by atoms with Crippen molar-refractivity contribution < 1.29 is 4.79 Å². The lowest BCUT2D eigenvalue weighted by molar-refractivity contribution is 0.102. The van der Waals surface area contributed by atoms with Gasteiger partial charge in [-0.2, -0.15) is 9.61 Å². The highest BCUT2D eigenvalue weighted by molar-refractivity contribution is 7.99. The molecule has 0 radical (unpaired) electrons. The molecular formula is C21H19N5OS. The number of carbonyl (C=O) groups excluding carboxylic acids is 1. The first-order valence-corrected chi connectivity index (χ1v) is 9.97. The van der Waals surface area contributed by atoms with E-state index in [0.29, 0.717) is 11.2 Å². The summed E-state index contributed by atoms with van der Waals surface area (Å²) in [7, 11) is 0. The number of carbonyl (C=O) groups is 1. The largest absolute Gasteiger partial charge is 0.322 e. The molecule has 7 heteroatoms. The van der Waals surface area contributed by atoms with Crippen molar-refractivity contribution in [2.45, 2.75) is 18.7 Å². The van der Waals surface area contributed by atoms with Crippen molar-refractivity contribution in [1.82, 2.24) is 19.8 Å². The Balaban J connectivity index is 1.54. The first-order valence-electron chi connectivity index (χ1n) is 8.98. The standard InChI is InChI=1S/C21H19N5OS/c1-3-28-19-7-5-4-6-17(19)21(27)22-16-10-8-15(9-11-16)18-12-13-20-24-23-14(2)26(20)25-18/h4-13H,3H2,1-2H3,(H,22,27). The lowest BCUT2D eigenvalue weighted by Gasteiger charge is -2.10. The van der Waals surface area contributed by atoms with E-state index in [9.17, 15) is 4.79 Å². The Morgan fingerprint density at radius 1 is 1.04 bits per heavy atom. The first kappa shape index (κ1) is 18.2. The van der Waals surface area contributed by atoms with Gasteiger partial charge in [0.25, 0.3) is 5.91 Å². The molecular weight excluding hydrogens is 370 g/mol. The highest BCUT2D eigenvalue weighted by atomic mass is 32.2. The van der Waals surface area contributed by atoms with Crippen molar-refractivity contribution >= 4 is 29.0 Å². The Morgan fingerprint density at radius 3 is 2.61 bits per heavy atom. The molecule has 0 spiro atoms. The van der Waals surface area contributed by atoms with Crippen molar-refractivity contribution in [3.8, 4) is 11.3 Å². The van der Waals surface area contributed by atoms with Crippen LogP contribution in [0.2, 0.25) is 0 Å². The second-order valence-electron chi connectivity index (χ2n) is 6.20. The molecule has 0 saturated heterocycles. The zero-order chi connectivity index (χ0) is 19.5. The van der Waals surface area contributed by atoms with Gasteiger partial charge in [-0.1, -0.05) is 31.2 Å². The molecule has 140 valence electrons. The minimum atomic E-state index is -0.107. The maximum absolute atomic E-state index is 12.7. The van der Waals surface area contributed by atoms with E-state index in [2.05, 4.69) is 27.5 Å². The number of hydrogen-bond acceptors (Lipinski definition) is 5. The van der Waals surface area contributed by atoms with Crippen LogP contribution in [0.3, 0.4) is 0 Å². The summed E-state index contributed by atoms with van der Waals surface area (Å²) < 4.78 is 1.72. The Hall–Kier alpha value is -3.19. The molecule has 1 amide bonds. The van der Waals surface area contributed by atoms with Crippen LogP contribution in [0.15, 0.2) is 65.6 Å². The smallest absolute Gasteiger partial charge is 0.256 e. The van der Waals surface area contributed by atoms with E-state index in [-0.39, 0.29) is 5.91 Å². The maximum atomic E-state index is 12.7. The number of rotatable bonds is 5. The van der Waals surface area contributed by atoms with Gasteiger partial charge in [0, 0.05) is 16.1 Å². The fourth-order valence-corrected chi connectivity index (χ4v) is 3.71. The van der Waals surface area contributed by atoms with Gasteiger partial charge in [0.2, 0.25) is 0 Å². The van der Waals surface area contributed by atoms with E-state index in [0.717, 1.165) is 33.4 Å². The SMILES string of the molecule is CCSc1ccccc1C(=O)Nc1ccc(-c2ccc3nnc(C)n3n2)cc1. The Bertz CT molecular complexity index is 1140. The van der Waals surface area contributed by atoms with Gasteiger partial charge in [0.05, 0.1) is 11.3 Å². The third-order valence-electron chi connectivity index (χ3n) is 4.29. The van der Waals surface area contributed by atoms with Crippen LogP contribution in [0.25, 0.3) is 16.9 Å². The van der Waals surface area contributed by atoms with Crippen LogP contribution in [0.1, 0.15) is 23.1 Å². The fraction of sp³-hybridized carbons (Fsp3) is 0.143. The summed E-state index contributed by atoms with van der Waals surface area (Å²) in [5.41, 5.74) is 3.92. The highest BCUT2D eigenvalue weighted by Gasteiger charge is 2.11. The number of anilines is 1. The van der Waals surface area contributed by atoms with Crippen molar-refractivity contribution in [3.63, 3.8) is 0 Å². The monoisotopic (exact) mass is 389 g/mol. The predicted octanol–water partition coefficient (Wildman–Crippen LogP) is 4.46. The summed E-state index contributed by atoms with van der Waals surface area (Å²) in [4.78, 5) is 13.7. The molecule has 4 rings (SSSR count). The van der Waals surface area contributed by atoms with Crippen LogP contribution in [-0.4, -0.2) is 31.5 Å². The van der Waals surface area contributed by atoms with E-state index in [4.69, 9.17) is 0 Å². The van der Waals surface area contributed by atoms with Crippen molar-refractivity contribution in [3.05, 3.63) is 72.1 Å². The molecule has 0 aliphatic heterocycles. The molecule has 2 aromatic heterocycles. The van der Waals surface area contributed by atoms with Crippen LogP contribution in [0.5, 0.6) is 0 Å². The number of thioether (sulfide) groups is 1. The molecule has 1 N–H and O–H groups in total. The quantitative estimate of drug-likeness (QED) is 0.510. The molecule has 0 saturated carbocycles. The minimum absolute atomic E-state index is 0.107. The summed E-state index contributed by atoms with van der Waals surface area (Å²) in [6.07, 6.45) is 0. The van der Waals surface area contributed by atoms with E-state index >= 15 is 0 Å². The zero-order valence-electron chi connectivity index (χ0n) is 15.6. The summed E-state index contributed by atoms with van der Waals surface area (Å²) in [5.74, 6) is 1.55. The Labute approximate surface area is 167 Å². The van der Waals surface area contributed by atoms with Gasteiger partial charge in [-0.3, -0.25) is 4.79 Å². The number of benzene rings is 2. The second kappa shape index (κ2) is 7.82. The Kier molecular flexibility index (Phi) is 5.08. The fourth-order valence-electron chi connectivity index (χ4n) is 2.91. The second-order valence-corrected chi connectivity index (χ2v) is 7.50. The lowest BCUT2D eigenvalue weighted by Crippen LogP contribution is -2.12. The summed E-state index contributed by atoms with van der Waals surface area (Å²) >= 11 is 1.66. The maximum Gasteiger partial charge on any atom is 0.256 e. The molecule has 0 bridgehead atoms. The Morgan fingerprint density at radius 2 is 1.82 bits per heavy atom. The highest BCUT2D eigenvalue weighted by Crippen LogP contribution is 2.24. The number of aromatic nitrogens is 4. The molecule has 4 aromatic rings. The topological polar surface area (TPSA) is 72.2 Å². The van der Waals surface area contributed by atoms with Gasteiger partial charge in [-0.15, -0.1) is 22.0 Å². The first-order chi connectivity index (χ1) is 13.7. The van der Waals surface area contributed by atoms with Crippen LogP contribution in [0.4, 0.5) is 5.69 Å². The number of amides is 1. The van der Waals surface area contributed by atoms with Crippen molar-refractivity contribution in [2.24, 2.45) is 0 Å². The summed E-state index contributed by atoms with van der Waals surface area (Å²) in [6.45, 7) is 3.94. The van der Waals surface area contributed by atoms with Crippen LogP contribution < -0.4 is 5.32 Å². The molecule has 0 unspecified atom stereocenters. The number of nitrogens with one attached hydrogen (secondary N) is 1. The van der Waals surface area contributed by atoms with Crippen LogP contribution >= 0.6 is 11.8 Å². The minimum Gasteiger partial charge on any atom is -0.322 e. The van der Waals surface area contributed by atoms with Gasteiger partial charge in [-0.25, -0.2) is 0 Å². The third kappa shape index (κ3) is 3.61. The van der Waals surface area contributed by atoms with Gasteiger partial charge in [0.15, 0.2) is 11.5 Å². The zero-order valence-corrected chi connectivity index (χ0v) is 16.4. The molecule has 0 atom stereocenters. The molecule has 2 aromatic carbocycles. The van der Waals surface area contributed by atoms with E-state index in [1.54, 1.807) is 16.3 Å². The molecule has 6 nitrogen and oxygen atoms in total. The molecule has 2 heterocycles. The van der Waals surface area contributed by atoms with Gasteiger partial charge in [-0.05, 0) is 49.1 Å². The summed E-state index contributed by atoms with van der Waals surface area (Å²) in [5, 5.41) is 15.6. The van der Waals surface area contributed by atoms with E-state index in [1.165, 1.54) is 0 Å². The lowest BCUT2D eigenvalue weighted by atomic mass is 10.1. The summed E-state index contributed by atoms with van der Waals surface area (Å²) in [6, 6.07) is 19.1. The van der Waals surface area contributed by atoms with Gasteiger partial charge < -0.3 is 5.32 Å².